The van der Waals surface area contributed by atoms with E-state index in [1.165, 1.54) is 0 Å². The maximum Gasteiger partial charge on any atom is 0.231 e. The van der Waals surface area contributed by atoms with Gasteiger partial charge < -0.3 is 9.47 Å². The third-order valence-electron chi connectivity index (χ3n) is 4.95. The van der Waals surface area contributed by atoms with E-state index in [1.54, 1.807) is 0 Å². The molecule has 28 heavy (non-hydrogen) atoms. The summed E-state index contributed by atoms with van der Waals surface area (Å²) in [7, 11) is -3.02. The van der Waals surface area contributed by atoms with E-state index in [2.05, 4.69) is 12.0 Å². The van der Waals surface area contributed by atoms with Crippen LogP contribution in [-0.2, 0) is 4.57 Å². The molecular formula is C23H24NO3P. The van der Waals surface area contributed by atoms with Crippen LogP contribution in [0.2, 0.25) is 0 Å². The highest BCUT2D eigenvalue weighted by Gasteiger charge is 2.31. The first-order valence-corrected chi connectivity index (χ1v) is 11.3. The summed E-state index contributed by atoms with van der Waals surface area (Å²) in [5.41, 5.74) is 1.05. The molecule has 1 aliphatic heterocycles. The fourth-order valence-electron chi connectivity index (χ4n) is 3.52. The van der Waals surface area contributed by atoms with Gasteiger partial charge in [0.15, 0.2) is 11.5 Å². The van der Waals surface area contributed by atoms with Gasteiger partial charge in [-0.3, -0.25) is 9.65 Å². The van der Waals surface area contributed by atoms with E-state index >= 15 is 0 Å². The molecule has 0 aromatic heterocycles. The maximum absolute atomic E-state index is 14.3. The van der Waals surface area contributed by atoms with Crippen molar-refractivity contribution in [2.24, 2.45) is 0 Å². The first-order valence-electron chi connectivity index (χ1n) is 9.59. The molecule has 0 unspecified atom stereocenters. The topological polar surface area (TPSA) is 47.6 Å². The Bertz CT molecular complexity index is 932. The van der Waals surface area contributed by atoms with Crippen LogP contribution in [0.4, 0.5) is 0 Å². The van der Waals surface area contributed by atoms with Crippen molar-refractivity contribution < 1.29 is 14.0 Å². The molecular weight excluding hydrogens is 369 g/mol. The van der Waals surface area contributed by atoms with Crippen LogP contribution in [0.15, 0.2) is 78.9 Å². The molecule has 0 radical (unpaired) electrons. The van der Waals surface area contributed by atoms with Crippen molar-refractivity contribution in [1.29, 1.82) is 0 Å². The van der Waals surface area contributed by atoms with Gasteiger partial charge in [0.1, 0.15) is 0 Å². The van der Waals surface area contributed by atoms with Gasteiger partial charge in [-0.15, -0.1) is 0 Å². The largest absolute Gasteiger partial charge is 0.454 e. The van der Waals surface area contributed by atoms with Crippen molar-refractivity contribution in [3.05, 3.63) is 84.4 Å². The lowest BCUT2D eigenvalue weighted by molar-refractivity contribution is 0.174. The Labute approximate surface area is 165 Å². The zero-order valence-corrected chi connectivity index (χ0v) is 16.8. The Hall–Kier alpha value is -2.55. The van der Waals surface area contributed by atoms with Gasteiger partial charge in [0.25, 0.3) is 0 Å². The monoisotopic (exact) mass is 393 g/mol. The normalized spacial score (nSPS) is 14.0. The zero-order chi connectivity index (χ0) is 19.4. The Kier molecular flexibility index (Phi) is 5.52. The molecule has 0 amide bonds. The number of nitrogens with one attached hydrogen (secondary N) is 1. The van der Waals surface area contributed by atoms with Gasteiger partial charge in [-0.25, -0.2) is 0 Å². The highest BCUT2D eigenvalue weighted by Crippen LogP contribution is 2.44. The van der Waals surface area contributed by atoms with Crippen molar-refractivity contribution in [3.8, 4) is 11.5 Å². The van der Waals surface area contributed by atoms with Crippen LogP contribution in [-0.4, -0.2) is 6.79 Å². The van der Waals surface area contributed by atoms with E-state index in [0.29, 0.717) is 0 Å². The van der Waals surface area contributed by atoms with E-state index in [4.69, 9.17) is 9.47 Å². The van der Waals surface area contributed by atoms with E-state index < -0.39 is 7.29 Å². The average Bonchev–Trinajstić information content (AvgIpc) is 3.22. The molecule has 144 valence electrons. The number of ether oxygens (including phenoxy) is 2. The highest BCUT2D eigenvalue weighted by atomic mass is 31.2. The molecule has 1 aliphatic rings. The molecule has 0 bridgehead atoms. The second kappa shape index (κ2) is 8.22. The molecule has 0 spiro atoms. The summed E-state index contributed by atoms with van der Waals surface area (Å²) in [5, 5.41) is 5.15. The molecule has 0 saturated heterocycles. The summed E-state index contributed by atoms with van der Waals surface area (Å²) in [6.07, 6.45) is 1.83. The second-order valence-electron chi connectivity index (χ2n) is 6.86. The van der Waals surface area contributed by atoms with E-state index in [1.807, 2.05) is 78.9 Å². The van der Waals surface area contributed by atoms with Crippen LogP contribution in [0, 0.1) is 0 Å². The molecule has 0 saturated carbocycles. The Morgan fingerprint density at radius 3 is 2.11 bits per heavy atom. The highest BCUT2D eigenvalue weighted by molar-refractivity contribution is 7.76. The van der Waals surface area contributed by atoms with Gasteiger partial charge >= 0.3 is 0 Å². The summed E-state index contributed by atoms with van der Waals surface area (Å²) < 4.78 is 25.3. The molecule has 5 heteroatoms. The van der Waals surface area contributed by atoms with Crippen LogP contribution in [0.5, 0.6) is 11.5 Å². The maximum atomic E-state index is 14.3. The van der Waals surface area contributed by atoms with Crippen molar-refractivity contribution in [2.45, 2.75) is 25.8 Å². The lowest BCUT2D eigenvalue weighted by Gasteiger charge is -2.27. The predicted octanol–water partition coefficient (Wildman–Crippen LogP) is 4.78. The zero-order valence-electron chi connectivity index (χ0n) is 15.9. The van der Waals surface area contributed by atoms with Gasteiger partial charge in [0, 0.05) is 16.7 Å². The van der Waals surface area contributed by atoms with Crippen LogP contribution >= 0.6 is 7.29 Å². The number of fused-ring (bicyclic) bond motifs is 1. The minimum absolute atomic E-state index is 0.0641. The molecule has 3 aromatic rings. The van der Waals surface area contributed by atoms with Gasteiger partial charge in [-0.1, -0.05) is 55.8 Å². The van der Waals surface area contributed by atoms with Gasteiger partial charge in [-0.05, 0) is 48.4 Å². The Morgan fingerprint density at radius 1 is 0.893 bits per heavy atom. The fourth-order valence-corrected chi connectivity index (χ4v) is 6.02. The van der Waals surface area contributed by atoms with Gasteiger partial charge in [0.05, 0.1) is 0 Å². The van der Waals surface area contributed by atoms with Gasteiger partial charge in [-0.2, -0.15) is 0 Å². The van der Waals surface area contributed by atoms with Crippen molar-refractivity contribution in [3.63, 3.8) is 0 Å². The predicted molar refractivity (Wildman–Crippen MR) is 113 cm³/mol. The average molecular weight is 393 g/mol. The Morgan fingerprint density at radius 2 is 1.50 bits per heavy atom. The van der Waals surface area contributed by atoms with Crippen molar-refractivity contribution >= 4 is 17.9 Å². The second-order valence-corrected chi connectivity index (χ2v) is 9.37. The molecule has 1 atom stereocenters. The smallest absolute Gasteiger partial charge is 0.231 e. The summed E-state index contributed by atoms with van der Waals surface area (Å²) >= 11 is 0. The van der Waals surface area contributed by atoms with E-state index in [-0.39, 0.29) is 12.8 Å². The quantitative estimate of drug-likeness (QED) is 0.587. The van der Waals surface area contributed by atoms with E-state index in [9.17, 15) is 4.57 Å². The molecule has 0 fully saturated rings. The summed E-state index contributed by atoms with van der Waals surface area (Å²) in [6.45, 7) is 2.38. The molecule has 4 rings (SSSR count). The minimum Gasteiger partial charge on any atom is -0.454 e. The van der Waals surface area contributed by atoms with Crippen LogP contribution in [0.25, 0.3) is 0 Å². The molecule has 4 nitrogen and oxygen atoms in total. The minimum atomic E-state index is -3.02. The number of hydrogen-bond acceptors (Lipinski definition) is 3. The van der Waals surface area contributed by atoms with Gasteiger partial charge in [0.2, 0.25) is 14.1 Å². The van der Waals surface area contributed by atoms with Crippen LogP contribution < -0.4 is 25.2 Å². The van der Waals surface area contributed by atoms with Crippen molar-refractivity contribution in [2.75, 3.05) is 6.79 Å². The van der Waals surface area contributed by atoms with Crippen LogP contribution in [0.3, 0.4) is 0 Å². The third kappa shape index (κ3) is 3.71. The van der Waals surface area contributed by atoms with E-state index in [0.717, 1.165) is 40.5 Å². The number of hydrogen-bond donors (Lipinski definition) is 1. The van der Waals surface area contributed by atoms with Crippen LogP contribution in [0.1, 0.15) is 31.4 Å². The molecule has 3 aromatic carbocycles. The summed E-state index contributed by atoms with van der Waals surface area (Å²) in [5.74, 6) is 1.50. The van der Waals surface area contributed by atoms with Crippen molar-refractivity contribution in [1.82, 2.24) is 5.09 Å². The summed E-state index contributed by atoms with van der Waals surface area (Å²) in [6, 6.07) is 25.2. The lowest BCUT2D eigenvalue weighted by atomic mass is 10.0. The lowest BCUT2D eigenvalue weighted by Crippen LogP contribution is -2.30. The summed E-state index contributed by atoms with van der Waals surface area (Å²) in [4.78, 5) is 0. The third-order valence-corrected chi connectivity index (χ3v) is 7.68. The molecule has 0 aliphatic carbocycles. The fraction of sp³-hybridized carbons (Fsp3) is 0.217. The number of rotatable bonds is 7. The first-order chi connectivity index (χ1) is 13.7. The SMILES string of the molecule is CCC[C@@H](NP(=O)(c1ccccc1)c1ccccc1)c1ccc2c(c1)OCO2. The molecule has 1 heterocycles. The number of benzene rings is 3. The molecule has 1 N–H and O–H groups in total. The Balaban J connectivity index is 1.74. The standard InChI is InChI=1S/C23H24NO3P/c1-2-9-21(18-14-15-22-23(16-18)27-17-26-22)24-28(25,19-10-5-3-6-11-19)20-12-7-4-8-13-20/h3-8,10-16,21H,2,9,17H2,1H3,(H,24,25)/t21-/m1/s1. The first kappa shape index (κ1) is 18.8.